The summed E-state index contributed by atoms with van der Waals surface area (Å²) in [4.78, 5) is 4.70. The lowest BCUT2D eigenvalue weighted by molar-refractivity contribution is 0.767. The first kappa shape index (κ1) is 38.8. The fourth-order valence-electron chi connectivity index (χ4n) is 13.3. The molecule has 0 saturated carbocycles. The summed E-state index contributed by atoms with van der Waals surface area (Å²) in [5.74, 6) is 0. The molecule has 0 radical (unpaired) electrons. The summed E-state index contributed by atoms with van der Waals surface area (Å²) < 4.78 is 44.4. The van der Waals surface area contributed by atoms with Gasteiger partial charge in [-0.2, -0.15) is 0 Å². The molecule has 76 heavy (non-hydrogen) atoms. The van der Waals surface area contributed by atoms with Crippen molar-refractivity contribution in [3.05, 3.63) is 348 Å². The first-order valence-electron chi connectivity index (χ1n) is 28.5. The third-order valence-electron chi connectivity index (χ3n) is 16.2. The van der Waals surface area contributed by atoms with E-state index < -0.39 is 16.9 Å². The molecule has 0 aromatic heterocycles. The Balaban J connectivity index is 1.04. The van der Waals surface area contributed by atoms with Gasteiger partial charge in [0, 0.05) is 34.0 Å². The molecule has 0 amide bonds. The van der Waals surface area contributed by atoms with Crippen molar-refractivity contribution in [2.24, 2.45) is 0 Å². The van der Waals surface area contributed by atoms with Crippen LogP contribution in [0, 0.1) is 0 Å². The lowest BCUT2D eigenvalue weighted by Gasteiger charge is -2.38. The monoisotopic (exact) mass is 971 g/mol. The molecule has 0 N–H and O–H groups in total. The molecule has 1 unspecified atom stereocenters. The Morgan fingerprint density at radius 3 is 1.22 bits per heavy atom. The van der Waals surface area contributed by atoms with Gasteiger partial charge in [0.2, 0.25) is 0 Å². The van der Waals surface area contributed by atoms with Crippen LogP contribution in [0.5, 0.6) is 0 Å². The molecule has 1 atom stereocenters. The van der Waals surface area contributed by atoms with Gasteiger partial charge in [-0.15, -0.1) is 0 Å². The van der Waals surface area contributed by atoms with Crippen molar-refractivity contribution in [1.82, 2.24) is 0 Å². The fraction of sp³-hybridized carbons (Fsp3) is 0.0270. The summed E-state index contributed by atoms with van der Waals surface area (Å²) in [5.41, 5.74) is 21.1. The highest BCUT2D eigenvalue weighted by Crippen LogP contribution is 2.65. The van der Waals surface area contributed by atoms with Crippen LogP contribution in [0.1, 0.15) is 51.4 Å². The Bertz CT molecular complexity index is 4370. The quantitative estimate of drug-likeness (QED) is 0.142. The number of hydrogen-bond donors (Lipinski definition) is 0. The molecular formula is C74H50N2. The van der Waals surface area contributed by atoms with Gasteiger partial charge in [-0.25, -0.2) is 0 Å². The van der Waals surface area contributed by atoms with Gasteiger partial charge in [-0.1, -0.05) is 236 Å². The molecule has 12 aromatic rings. The second-order valence-electron chi connectivity index (χ2n) is 19.9. The lowest BCUT2D eigenvalue weighted by atomic mass is 9.67. The van der Waals surface area contributed by atoms with Crippen LogP contribution in [0.25, 0.3) is 44.5 Å². The highest BCUT2D eigenvalue weighted by atomic mass is 15.2. The standard InChI is InChI=1S/C74H50N2/c1-6-24-51(25-7-1)52-26-22-35-57(48-52)76(71-43-23-39-65-62-38-18-19-40-66(62)73(72(65)71,53-27-8-2-9-28-53)54-29-10-3-11-30-54)59-45-47-64-61-37-17-21-42-68(61)74(70(64)50-59)67-41-20-16-36-60(67)63-46-44-58(49-69(63)74)75(55-31-12-4-13-32-55)56-33-14-5-15-34-56/h1-50H/i1D,6D,7D,24D,25D. The maximum absolute atomic E-state index is 9.20. The van der Waals surface area contributed by atoms with Crippen LogP contribution in [0.15, 0.2) is 303 Å². The average Bonchev–Trinajstić information content (AvgIpc) is 3.59. The molecule has 1 spiro atoms. The number of nitrogens with zero attached hydrogens (tertiary/aromatic N) is 2. The van der Waals surface area contributed by atoms with E-state index >= 15 is 0 Å². The van der Waals surface area contributed by atoms with E-state index in [2.05, 4.69) is 265 Å². The predicted octanol–water partition coefficient (Wildman–Crippen LogP) is 19.0. The third kappa shape index (κ3) is 6.34. The van der Waals surface area contributed by atoms with E-state index in [0.717, 1.165) is 73.1 Å². The largest absolute Gasteiger partial charge is 0.310 e. The maximum atomic E-state index is 9.20. The molecule has 3 aliphatic rings. The van der Waals surface area contributed by atoms with Gasteiger partial charge in [-0.05, 0) is 150 Å². The second kappa shape index (κ2) is 17.4. The van der Waals surface area contributed by atoms with Crippen molar-refractivity contribution < 1.29 is 6.85 Å². The van der Waals surface area contributed by atoms with Crippen LogP contribution in [-0.2, 0) is 10.8 Å². The van der Waals surface area contributed by atoms with E-state index in [4.69, 9.17) is 4.11 Å². The first-order chi connectivity index (χ1) is 39.8. The highest BCUT2D eigenvalue weighted by molar-refractivity contribution is 5.99. The van der Waals surface area contributed by atoms with Gasteiger partial charge in [0.15, 0.2) is 0 Å². The van der Waals surface area contributed by atoms with E-state index in [1.54, 1.807) is 0 Å². The van der Waals surface area contributed by atoms with E-state index in [-0.39, 0.29) is 29.7 Å². The summed E-state index contributed by atoms with van der Waals surface area (Å²) in [6.45, 7) is 0. The second-order valence-corrected chi connectivity index (χ2v) is 19.9. The topological polar surface area (TPSA) is 6.48 Å². The molecule has 2 nitrogen and oxygen atoms in total. The molecule has 0 heterocycles. The minimum atomic E-state index is -0.787. The third-order valence-corrected chi connectivity index (χ3v) is 16.2. The zero-order chi connectivity index (χ0) is 54.6. The average molecular weight is 972 g/mol. The van der Waals surface area contributed by atoms with Crippen molar-refractivity contribution in [2.45, 2.75) is 10.8 Å². The normalized spacial score (nSPS) is 15.7. The number of anilines is 6. The fourth-order valence-corrected chi connectivity index (χ4v) is 13.3. The predicted molar refractivity (Wildman–Crippen MR) is 315 cm³/mol. The van der Waals surface area contributed by atoms with Crippen LogP contribution >= 0.6 is 0 Å². The number of fused-ring (bicyclic) bond motifs is 13. The lowest BCUT2D eigenvalue weighted by Crippen LogP contribution is -2.30. The molecule has 0 aliphatic heterocycles. The van der Waals surface area contributed by atoms with Gasteiger partial charge < -0.3 is 9.80 Å². The van der Waals surface area contributed by atoms with Crippen molar-refractivity contribution in [1.29, 1.82) is 0 Å². The van der Waals surface area contributed by atoms with Crippen molar-refractivity contribution in [2.75, 3.05) is 9.80 Å². The van der Waals surface area contributed by atoms with Crippen molar-refractivity contribution in [3.8, 4) is 44.5 Å². The van der Waals surface area contributed by atoms with Gasteiger partial charge in [-0.3, -0.25) is 0 Å². The SMILES string of the molecule is [2H]c1c([2H])c([2H])c(-c2cccc(N(c3ccc4c(c3)C3(c5ccccc5-c5ccc(N(c6ccccc6)c6ccccc6)cc53)c3ccccc3-4)c3cccc4c3C(c3ccccc3)(c3ccccc3)c3ccccc3-4)c2)c([2H])c1[2H]. The summed E-state index contributed by atoms with van der Waals surface area (Å²) in [5, 5.41) is 0. The highest BCUT2D eigenvalue weighted by Gasteiger charge is 2.53. The molecule has 2 heteroatoms. The van der Waals surface area contributed by atoms with Crippen LogP contribution < -0.4 is 9.80 Å². The Morgan fingerprint density at radius 1 is 0.263 bits per heavy atom. The van der Waals surface area contributed by atoms with Crippen molar-refractivity contribution >= 4 is 34.1 Å². The molecule has 0 saturated heterocycles. The molecule has 0 fully saturated rings. The van der Waals surface area contributed by atoms with Gasteiger partial charge >= 0.3 is 0 Å². The Labute approximate surface area is 451 Å². The molecule has 12 aromatic carbocycles. The van der Waals surface area contributed by atoms with Gasteiger partial charge in [0.1, 0.15) is 0 Å². The number of rotatable bonds is 9. The molecule has 3 aliphatic carbocycles. The smallest absolute Gasteiger partial charge is 0.0734 e. The molecule has 0 bridgehead atoms. The first-order valence-corrected chi connectivity index (χ1v) is 26.0. The molecular weight excluding hydrogens is 917 g/mol. The minimum absolute atomic E-state index is 0.148. The van der Waals surface area contributed by atoms with Crippen LogP contribution in [0.3, 0.4) is 0 Å². The maximum Gasteiger partial charge on any atom is 0.0734 e. The summed E-state index contributed by atoms with van der Waals surface area (Å²) >= 11 is 0. The van der Waals surface area contributed by atoms with Crippen molar-refractivity contribution in [3.63, 3.8) is 0 Å². The molecule has 15 rings (SSSR count). The zero-order valence-corrected chi connectivity index (χ0v) is 41.4. The number of para-hydroxylation sites is 2. The van der Waals surface area contributed by atoms with E-state index in [9.17, 15) is 2.74 Å². The summed E-state index contributed by atoms with van der Waals surface area (Å²) in [6, 6.07) is 96.2. The number of hydrogen-bond acceptors (Lipinski definition) is 2. The van der Waals surface area contributed by atoms with Gasteiger partial charge in [0.25, 0.3) is 0 Å². The van der Waals surface area contributed by atoms with E-state index in [0.29, 0.717) is 5.56 Å². The van der Waals surface area contributed by atoms with Crippen LogP contribution in [-0.4, -0.2) is 0 Å². The van der Waals surface area contributed by atoms with E-state index in [1.807, 2.05) is 18.2 Å². The molecule has 356 valence electrons. The van der Waals surface area contributed by atoms with Crippen LogP contribution in [0.2, 0.25) is 0 Å². The van der Waals surface area contributed by atoms with Crippen LogP contribution in [0.4, 0.5) is 34.1 Å². The Morgan fingerprint density at radius 2 is 0.671 bits per heavy atom. The summed E-state index contributed by atoms with van der Waals surface area (Å²) in [6.07, 6.45) is 0. The summed E-state index contributed by atoms with van der Waals surface area (Å²) in [7, 11) is 0. The number of benzene rings is 12. The zero-order valence-electron chi connectivity index (χ0n) is 46.4. The van der Waals surface area contributed by atoms with Gasteiger partial charge in [0.05, 0.1) is 23.4 Å². The Hall–Kier alpha value is -9.76. The minimum Gasteiger partial charge on any atom is -0.310 e. The van der Waals surface area contributed by atoms with E-state index in [1.165, 1.54) is 38.9 Å². The Kier molecular flexibility index (Phi) is 8.91.